The summed E-state index contributed by atoms with van der Waals surface area (Å²) in [5.41, 5.74) is 3.07. The Bertz CT molecular complexity index is 718. The molecule has 2 aromatic heterocycles. The van der Waals surface area contributed by atoms with Gasteiger partial charge in [0.05, 0.1) is 17.9 Å². The van der Waals surface area contributed by atoms with Gasteiger partial charge in [0, 0.05) is 23.5 Å². The van der Waals surface area contributed by atoms with Crippen LogP contribution >= 0.6 is 11.6 Å². The smallest absolute Gasteiger partial charge is 0.138 e. The van der Waals surface area contributed by atoms with Crippen LogP contribution in [0.4, 0.5) is 5.69 Å². The third-order valence-corrected chi connectivity index (χ3v) is 3.58. The second-order valence-electron chi connectivity index (χ2n) is 4.64. The maximum atomic E-state index is 6.11. The molecule has 1 aromatic carbocycles. The number of aromatic nitrogens is 4. The standard InChI is InChI=1S/C15H16ClN5/c1-2-20-7-3-4-13(20)9-18-14-8-12(16)5-6-15(14)21-11-17-10-19-21/h3-8,10-11,18H,2,9H2,1H3. The molecule has 0 fully saturated rings. The van der Waals surface area contributed by atoms with Gasteiger partial charge >= 0.3 is 0 Å². The van der Waals surface area contributed by atoms with Crippen molar-refractivity contribution < 1.29 is 0 Å². The van der Waals surface area contributed by atoms with Gasteiger partial charge in [0.1, 0.15) is 12.7 Å². The van der Waals surface area contributed by atoms with E-state index < -0.39 is 0 Å². The molecule has 0 aliphatic heterocycles. The minimum Gasteiger partial charge on any atom is -0.378 e. The van der Waals surface area contributed by atoms with Crippen molar-refractivity contribution in [3.05, 3.63) is 59.9 Å². The van der Waals surface area contributed by atoms with Crippen LogP contribution in [0.15, 0.2) is 49.2 Å². The second-order valence-corrected chi connectivity index (χ2v) is 5.08. The first-order valence-corrected chi connectivity index (χ1v) is 7.18. The zero-order valence-corrected chi connectivity index (χ0v) is 12.5. The molecular formula is C15H16ClN5. The molecule has 0 unspecified atom stereocenters. The van der Waals surface area contributed by atoms with Crippen LogP contribution in [-0.4, -0.2) is 19.3 Å². The lowest BCUT2D eigenvalue weighted by atomic mass is 10.2. The summed E-state index contributed by atoms with van der Waals surface area (Å²) in [6.45, 7) is 3.81. The molecule has 0 saturated carbocycles. The molecule has 0 amide bonds. The highest BCUT2D eigenvalue weighted by molar-refractivity contribution is 6.31. The summed E-state index contributed by atoms with van der Waals surface area (Å²) < 4.78 is 3.92. The molecule has 0 aliphatic carbocycles. The Hall–Kier alpha value is -2.27. The Labute approximate surface area is 128 Å². The number of hydrogen-bond donors (Lipinski definition) is 1. The summed E-state index contributed by atoms with van der Waals surface area (Å²) in [5, 5.41) is 8.29. The molecule has 0 saturated heterocycles. The van der Waals surface area contributed by atoms with E-state index in [1.165, 1.54) is 12.0 Å². The van der Waals surface area contributed by atoms with Gasteiger partial charge in [-0.05, 0) is 37.3 Å². The van der Waals surface area contributed by atoms with Gasteiger partial charge in [-0.15, -0.1) is 0 Å². The van der Waals surface area contributed by atoms with Crippen molar-refractivity contribution in [2.45, 2.75) is 20.0 Å². The van der Waals surface area contributed by atoms with E-state index in [0.29, 0.717) is 5.02 Å². The van der Waals surface area contributed by atoms with Crippen LogP contribution in [0.1, 0.15) is 12.6 Å². The largest absolute Gasteiger partial charge is 0.378 e. The second kappa shape index (κ2) is 6.01. The van der Waals surface area contributed by atoms with Crippen LogP contribution in [0.3, 0.4) is 0 Å². The molecule has 21 heavy (non-hydrogen) atoms. The van der Waals surface area contributed by atoms with Crippen molar-refractivity contribution in [2.24, 2.45) is 0 Å². The molecule has 1 N–H and O–H groups in total. The van der Waals surface area contributed by atoms with Crippen molar-refractivity contribution in [3.8, 4) is 5.69 Å². The van der Waals surface area contributed by atoms with Crippen molar-refractivity contribution in [1.29, 1.82) is 0 Å². The fourth-order valence-electron chi connectivity index (χ4n) is 2.29. The van der Waals surface area contributed by atoms with Gasteiger partial charge in [-0.25, -0.2) is 9.67 Å². The van der Waals surface area contributed by atoms with E-state index in [-0.39, 0.29) is 0 Å². The van der Waals surface area contributed by atoms with E-state index in [0.717, 1.165) is 24.5 Å². The molecular weight excluding hydrogens is 286 g/mol. The molecule has 0 bridgehead atoms. The fraction of sp³-hybridized carbons (Fsp3) is 0.200. The lowest BCUT2D eigenvalue weighted by Gasteiger charge is -2.13. The molecule has 0 atom stereocenters. The van der Waals surface area contributed by atoms with E-state index in [9.17, 15) is 0 Å². The number of hydrogen-bond acceptors (Lipinski definition) is 3. The number of rotatable bonds is 5. The highest BCUT2D eigenvalue weighted by atomic mass is 35.5. The highest BCUT2D eigenvalue weighted by Crippen LogP contribution is 2.24. The van der Waals surface area contributed by atoms with Crippen LogP contribution in [0.5, 0.6) is 0 Å². The summed E-state index contributed by atoms with van der Waals surface area (Å²) in [5.74, 6) is 0. The number of benzene rings is 1. The normalized spacial score (nSPS) is 10.8. The van der Waals surface area contributed by atoms with E-state index in [2.05, 4.69) is 45.2 Å². The fourth-order valence-corrected chi connectivity index (χ4v) is 2.46. The highest BCUT2D eigenvalue weighted by Gasteiger charge is 2.07. The number of nitrogens with one attached hydrogen (secondary N) is 1. The minimum atomic E-state index is 0.687. The Balaban J connectivity index is 1.86. The van der Waals surface area contributed by atoms with Crippen molar-refractivity contribution in [2.75, 3.05) is 5.32 Å². The predicted octanol–water partition coefficient (Wildman–Crippen LogP) is 3.35. The quantitative estimate of drug-likeness (QED) is 0.786. The number of nitrogens with zero attached hydrogens (tertiary/aromatic N) is 4. The maximum absolute atomic E-state index is 6.11. The lowest BCUT2D eigenvalue weighted by Crippen LogP contribution is -2.08. The molecule has 3 aromatic rings. The monoisotopic (exact) mass is 301 g/mol. The Morgan fingerprint density at radius 2 is 2.19 bits per heavy atom. The van der Waals surface area contributed by atoms with Gasteiger partial charge in [-0.1, -0.05) is 11.6 Å². The van der Waals surface area contributed by atoms with Gasteiger partial charge < -0.3 is 9.88 Å². The topological polar surface area (TPSA) is 47.7 Å². The van der Waals surface area contributed by atoms with Crippen LogP contribution in [0.2, 0.25) is 5.02 Å². The van der Waals surface area contributed by atoms with Gasteiger partial charge in [0.2, 0.25) is 0 Å². The number of anilines is 1. The average Bonchev–Trinajstić information content (AvgIpc) is 3.16. The zero-order chi connectivity index (χ0) is 14.7. The van der Waals surface area contributed by atoms with Crippen molar-refractivity contribution >= 4 is 17.3 Å². The third-order valence-electron chi connectivity index (χ3n) is 3.35. The van der Waals surface area contributed by atoms with Gasteiger partial charge in [0.15, 0.2) is 0 Å². The molecule has 108 valence electrons. The van der Waals surface area contributed by atoms with Crippen molar-refractivity contribution in [3.63, 3.8) is 0 Å². The van der Waals surface area contributed by atoms with Crippen LogP contribution < -0.4 is 5.32 Å². The summed E-state index contributed by atoms with van der Waals surface area (Å²) >= 11 is 6.11. The molecule has 0 aliphatic rings. The molecule has 0 radical (unpaired) electrons. The van der Waals surface area contributed by atoms with Gasteiger partial charge in [-0.2, -0.15) is 5.10 Å². The Morgan fingerprint density at radius 3 is 2.95 bits per heavy atom. The molecule has 3 rings (SSSR count). The first kappa shape index (κ1) is 13.7. The Kier molecular flexibility index (Phi) is 3.92. The van der Waals surface area contributed by atoms with Crippen LogP contribution in [-0.2, 0) is 13.1 Å². The number of aryl methyl sites for hydroxylation is 1. The van der Waals surface area contributed by atoms with Crippen LogP contribution in [0, 0.1) is 0 Å². The molecule has 2 heterocycles. The SMILES string of the molecule is CCn1cccc1CNc1cc(Cl)ccc1-n1cncn1. The molecule has 6 heteroatoms. The molecule has 5 nitrogen and oxygen atoms in total. The third kappa shape index (κ3) is 2.92. The Morgan fingerprint density at radius 1 is 1.29 bits per heavy atom. The van der Waals surface area contributed by atoms with Crippen molar-refractivity contribution in [1.82, 2.24) is 19.3 Å². The zero-order valence-electron chi connectivity index (χ0n) is 11.7. The summed E-state index contributed by atoms with van der Waals surface area (Å²) in [6.07, 6.45) is 5.26. The first-order valence-electron chi connectivity index (χ1n) is 6.80. The van der Waals surface area contributed by atoms with Crippen LogP contribution in [0.25, 0.3) is 5.69 Å². The van der Waals surface area contributed by atoms with E-state index in [1.807, 2.05) is 18.2 Å². The minimum absolute atomic E-state index is 0.687. The predicted molar refractivity (Wildman–Crippen MR) is 83.8 cm³/mol. The summed E-state index contributed by atoms with van der Waals surface area (Å²) in [7, 11) is 0. The number of halogens is 1. The van der Waals surface area contributed by atoms with E-state index in [4.69, 9.17) is 11.6 Å². The average molecular weight is 302 g/mol. The van der Waals surface area contributed by atoms with E-state index >= 15 is 0 Å². The lowest BCUT2D eigenvalue weighted by molar-refractivity contribution is 0.723. The maximum Gasteiger partial charge on any atom is 0.138 e. The van der Waals surface area contributed by atoms with Gasteiger partial charge in [0.25, 0.3) is 0 Å². The molecule has 0 spiro atoms. The summed E-state index contributed by atoms with van der Waals surface area (Å²) in [6, 6.07) is 9.83. The van der Waals surface area contributed by atoms with E-state index in [1.54, 1.807) is 11.0 Å². The first-order chi connectivity index (χ1) is 10.3. The van der Waals surface area contributed by atoms with Gasteiger partial charge in [-0.3, -0.25) is 0 Å². The summed E-state index contributed by atoms with van der Waals surface area (Å²) in [4.78, 5) is 3.99.